The van der Waals surface area contributed by atoms with Crippen LogP contribution in [-0.4, -0.2) is 23.8 Å². The van der Waals surface area contributed by atoms with Crippen molar-refractivity contribution < 1.29 is 9.53 Å². The summed E-state index contributed by atoms with van der Waals surface area (Å²) < 4.78 is 4.58. The van der Waals surface area contributed by atoms with Crippen LogP contribution in [-0.2, 0) is 9.53 Å². The van der Waals surface area contributed by atoms with Crippen molar-refractivity contribution in [3.63, 3.8) is 0 Å². The second kappa shape index (κ2) is 11.2. The van der Waals surface area contributed by atoms with Crippen molar-refractivity contribution in [1.29, 1.82) is 0 Å². The van der Waals surface area contributed by atoms with Crippen molar-refractivity contribution in [3.8, 4) is 0 Å². The molecule has 0 saturated heterocycles. The maximum Gasteiger partial charge on any atom is 0.305 e. The maximum absolute atomic E-state index is 10.9. The van der Waals surface area contributed by atoms with E-state index in [1.54, 1.807) is 0 Å². The average molecular weight is 283 g/mol. The van der Waals surface area contributed by atoms with E-state index in [1.165, 1.54) is 7.11 Å². The molecule has 2 nitrogen and oxygen atoms in total. The molecule has 0 amide bonds. The number of rotatable bonds is 10. The van der Waals surface area contributed by atoms with Crippen LogP contribution in [0.4, 0.5) is 0 Å². The Hall–Kier alpha value is 0.0500. The van der Waals surface area contributed by atoms with Crippen molar-refractivity contribution >= 4 is 29.2 Å². The number of unbranched alkanes of at least 4 members (excludes halogenated alkanes) is 3. The average Bonchev–Trinajstić information content (AvgIpc) is 2.33. The second-order valence-corrected chi connectivity index (χ2v) is 5.47. The molecule has 2 atom stereocenters. The quantitative estimate of drug-likeness (QED) is 0.335. The molecular weight excluding hydrogens is 259 g/mol. The minimum Gasteiger partial charge on any atom is -0.469 e. The minimum absolute atomic E-state index is 0.0808. The summed E-state index contributed by atoms with van der Waals surface area (Å²) in [4.78, 5) is 10.9. The lowest BCUT2D eigenvalue weighted by molar-refractivity contribution is -0.140. The molecule has 0 aliphatic heterocycles. The lowest BCUT2D eigenvalue weighted by Crippen LogP contribution is -2.14. The second-order valence-electron chi connectivity index (χ2n) is 4.35. The monoisotopic (exact) mass is 282 g/mol. The van der Waals surface area contributed by atoms with Gasteiger partial charge >= 0.3 is 5.97 Å². The Bertz CT molecular complexity index is 198. The first-order chi connectivity index (χ1) is 8.11. The van der Waals surface area contributed by atoms with E-state index in [4.69, 9.17) is 23.2 Å². The topological polar surface area (TPSA) is 26.3 Å². The predicted molar refractivity (Wildman–Crippen MR) is 73.9 cm³/mol. The van der Waals surface area contributed by atoms with E-state index in [0.717, 1.165) is 44.9 Å². The highest BCUT2D eigenvalue weighted by atomic mass is 35.5. The number of ether oxygens (including phenoxy) is 1. The van der Waals surface area contributed by atoms with Crippen LogP contribution < -0.4 is 0 Å². The highest BCUT2D eigenvalue weighted by Gasteiger charge is 2.14. The van der Waals surface area contributed by atoms with Crippen LogP contribution in [0.15, 0.2) is 0 Å². The van der Waals surface area contributed by atoms with E-state index in [0.29, 0.717) is 6.42 Å². The Morgan fingerprint density at radius 1 is 1.06 bits per heavy atom. The Labute approximate surface area is 115 Å². The van der Waals surface area contributed by atoms with Gasteiger partial charge in [-0.1, -0.05) is 32.6 Å². The summed E-state index contributed by atoms with van der Waals surface area (Å²) in [5.41, 5.74) is 0. The molecule has 0 spiro atoms. The van der Waals surface area contributed by atoms with Crippen molar-refractivity contribution in [1.82, 2.24) is 0 Å². The molecule has 0 aromatic rings. The smallest absolute Gasteiger partial charge is 0.305 e. The molecule has 0 radical (unpaired) electrons. The normalized spacial score (nSPS) is 14.4. The van der Waals surface area contributed by atoms with Crippen molar-refractivity contribution in [3.05, 3.63) is 0 Å². The molecule has 0 saturated carbocycles. The molecule has 0 aromatic carbocycles. The van der Waals surface area contributed by atoms with Gasteiger partial charge in [-0.25, -0.2) is 0 Å². The van der Waals surface area contributed by atoms with E-state index < -0.39 is 0 Å². The third kappa shape index (κ3) is 9.72. The highest BCUT2D eigenvalue weighted by molar-refractivity contribution is 6.29. The van der Waals surface area contributed by atoms with Gasteiger partial charge < -0.3 is 4.74 Å². The molecule has 0 aliphatic carbocycles. The first kappa shape index (κ1) is 17.1. The first-order valence-electron chi connectivity index (χ1n) is 6.46. The van der Waals surface area contributed by atoms with Crippen LogP contribution in [0, 0.1) is 0 Å². The Kier molecular flexibility index (Phi) is 11.2. The Balaban J connectivity index is 3.35. The fourth-order valence-corrected chi connectivity index (χ4v) is 2.33. The maximum atomic E-state index is 10.9. The van der Waals surface area contributed by atoms with Crippen LogP contribution in [0.25, 0.3) is 0 Å². The molecule has 0 heterocycles. The predicted octanol–water partition coefficient (Wildman–Crippen LogP) is 4.51. The zero-order chi connectivity index (χ0) is 13.1. The molecule has 0 aliphatic rings. The van der Waals surface area contributed by atoms with Gasteiger partial charge in [-0.3, -0.25) is 4.79 Å². The SMILES string of the molecule is CCCC(Cl)C(Cl)CCCCCCC(=O)OC. The van der Waals surface area contributed by atoms with Gasteiger partial charge in [0, 0.05) is 17.2 Å². The number of methoxy groups -OCH3 is 1. The third-order valence-electron chi connectivity index (χ3n) is 2.80. The van der Waals surface area contributed by atoms with Gasteiger partial charge in [0.15, 0.2) is 0 Å². The Morgan fingerprint density at radius 2 is 1.65 bits per heavy atom. The van der Waals surface area contributed by atoms with E-state index in [1.807, 2.05) is 0 Å². The van der Waals surface area contributed by atoms with Gasteiger partial charge in [0.25, 0.3) is 0 Å². The molecule has 0 rings (SSSR count). The summed E-state index contributed by atoms with van der Waals surface area (Å²) in [7, 11) is 1.43. The fourth-order valence-electron chi connectivity index (χ4n) is 1.70. The minimum atomic E-state index is -0.121. The number of halogens is 2. The van der Waals surface area contributed by atoms with Gasteiger partial charge in [-0.15, -0.1) is 23.2 Å². The molecule has 0 aromatic heterocycles. The van der Waals surface area contributed by atoms with Crippen LogP contribution >= 0.6 is 23.2 Å². The first-order valence-corrected chi connectivity index (χ1v) is 7.34. The van der Waals surface area contributed by atoms with Gasteiger partial charge in [-0.05, 0) is 19.3 Å². The van der Waals surface area contributed by atoms with Crippen LogP contribution in [0.2, 0.25) is 0 Å². The summed E-state index contributed by atoms with van der Waals surface area (Å²) in [5, 5.41) is 0.175. The fraction of sp³-hybridized carbons (Fsp3) is 0.923. The Morgan fingerprint density at radius 3 is 2.24 bits per heavy atom. The van der Waals surface area contributed by atoms with Crippen molar-refractivity contribution in [2.45, 2.75) is 69.0 Å². The summed E-state index contributed by atoms with van der Waals surface area (Å²) >= 11 is 12.3. The van der Waals surface area contributed by atoms with E-state index in [9.17, 15) is 4.79 Å². The summed E-state index contributed by atoms with van der Waals surface area (Å²) in [5.74, 6) is -0.121. The summed E-state index contributed by atoms with van der Waals surface area (Å²) in [6.45, 7) is 2.12. The molecule has 0 N–H and O–H groups in total. The highest BCUT2D eigenvalue weighted by Crippen LogP contribution is 2.21. The van der Waals surface area contributed by atoms with Gasteiger partial charge in [0.2, 0.25) is 0 Å². The molecule has 4 heteroatoms. The molecule has 0 fully saturated rings. The molecule has 0 bridgehead atoms. The number of esters is 1. The molecular formula is C13H24Cl2O2. The lowest BCUT2D eigenvalue weighted by Gasteiger charge is -2.14. The number of carbonyl (C=O) groups excluding carboxylic acids is 1. The van der Waals surface area contributed by atoms with Gasteiger partial charge in [0.05, 0.1) is 7.11 Å². The van der Waals surface area contributed by atoms with Crippen LogP contribution in [0.1, 0.15) is 58.3 Å². The number of alkyl halides is 2. The molecule has 2 unspecified atom stereocenters. The lowest BCUT2D eigenvalue weighted by atomic mass is 10.1. The standard InChI is InChI=1S/C13H24Cl2O2/c1-3-8-11(14)12(15)9-6-4-5-7-10-13(16)17-2/h11-12H,3-10H2,1-2H3. The third-order valence-corrected chi connectivity index (χ3v) is 3.97. The summed E-state index contributed by atoms with van der Waals surface area (Å²) in [6, 6.07) is 0. The van der Waals surface area contributed by atoms with Crippen molar-refractivity contribution in [2.24, 2.45) is 0 Å². The summed E-state index contributed by atoms with van der Waals surface area (Å²) in [6.07, 6.45) is 7.70. The van der Waals surface area contributed by atoms with E-state index in [-0.39, 0.29) is 16.7 Å². The van der Waals surface area contributed by atoms with Gasteiger partial charge in [0.1, 0.15) is 0 Å². The van der Waals surface area contributed by atoms with Crippen LogP contribution in [0.5, 0.6) is 0 Å². The molecule has 17 heavy (non-hydrogen) atoms. The number of hydrogen-bond donors (Lipinski definition) is 0. The number of hydrogen-bond acceptors (Lipinski definition) is 2. The largest absolute Gasteiger partial charge is 0.469 e. The van der Waals surface area contributed by atoms with Crippen molar-refractivity contribution in [2.75, 3.05) is 7.11 Å². The van der Waals surface area contributed by atoms with E-state index >= 15 is 0 Å². The zero-order valence-corrected chi connectivity index (χ0v) is 12.4. The zero-order valence-electron chi connectivity index (χ0n) is 10.9. The number of carbonyl (C=O) groups is 1. The van der Waals surface area contributed by atoms with Crippen LogP contribution in [0.3, 0.4) is 0 Å². The van der Waals surface area contributed by atoms with E-state index in [2.05, 4.69) is 11.7 Å². The molecule has 102 valence electrons. The van der Waals surface area contributed by atoms with Gasteiger partial charge in [-0.2, -0.15) is 0 Å².